The number of nitrogens with zero attached hydrogens (tertiary/aromatic N) is 2. The maximum absolute atomic E-state index is 11.7. The molecule has 0 bridgehead atoms. The van der Waals surface area contributed by atoms with Crippen LogP contribution in [0.2, 0.25) is 0 Å². The number of hydrogen-bond acceptors (Lipinski definition) is 3. The second kappa shape index (κ2) is 9.57. The molecule has 0 atom stereocenters. The number of aromatic nitrogens is 2. The Balaban J connectivity index is 1.99. The SMILES string of the molecule is CC/C(=C\c1cnn(C)c1NC(c1ccccc1)(c1ccccc1)c1ccccc1)C(=O)O. The highest BCUT2D eigenvalue weighted by atomic mass is 16.4. The Morgan fingerprint density at radius 2 is 1.36 bits per heavy atom. The summed E-state index contributed by atoms with van der Waals surface area (Å²) >= 11 is 0. The molecule has 0 aliphatic carbocycles. The molecule has 166 valence electrons. The van der Waals surface area contributed by atoms with Gasteiger partial charge in [-0.3, -0.25) is 4.68 Å². The predicted octanol–water partition coefficient (Wildman–Crippen LogP) is 5.70. The third-order valence-electron chi connectivity index (χ3n) is 5.88. The van der Waals surface area contributed by atoms with Crippen molar-refractivity contribution < 1.29 is 9.90 Å². The molecule has 1 aromatic heterocycles. The van der Waals surface area contributed by atoms with Gasteiger partial charge in [-0.25, -0.2) is 4.79 Å². The standard InChI is InChI=1S/C28H27N3O2/c1-3-21(27(32)33)19-22-20-29-31(2)26(22)30-28(23-13-7-4-8-14-23,24-15-9-5-10-16-24)25-17-11-6-12-18-25/h4-20,30H,3H2,1-2H3,(H,32,33)/b21-19+. The summed E-state index contributed by atoms with van der Waals surface area (Å²) in [7, 11) is 1.86. The van der Waals surface area contributed by atoms with Gasteiger partial charge in [0.25, 0.3) is 0 Å². The van der Waals surface area contributed by atoms with Crippen LogP contribution in [0.1, 0.15) is 35.6 Å². The number of aliphatic carboxylic acids is 1. The first-order valence-corrected chi connectivity index (χ1v) is 11.0. The molecule has 0 amide bonds. The van der Waals surface area contributed by atoms with E-state index in [1.807, 2.05) is 68.6 Å². The van der Waals surface area contributed by atoms with Crippen molar-refractivity contribution in [1.82, 2.24) is 9.78 Å². The van der Waals surface area contributed by atoms with Crippen LogP contribution >= 0.6 is 0 Å². The number of carbonyl (C=O) groups is 1. The lowest BCUT2D eigenvalue weighted by molar-refractivity contribution is -0.132. The van der Waals surface area contributed by atoms with Crippen LogP contribution in [0, 0.1) is 0 Å². The lowest BCUT2D eigenvalue weighted by Gasteiger charge is -2.38. The smallest absolute Gasteiger partial charge is 0.331 e. The lowest BCUT2D eigenvalue weighted by atomic mass is 9.77. The van der Waals surface area contributed by atoms with Gasteiger partial charge < -0.3 is 10.4 Å². The van der Waals surface area contributed by atoms with Crippen LogP contribution in [0.25, 0.3) is 6.08 Å². The third-order valence-corrected chi connectivity index (χ3v) is 5.88. The van der Waals surface area contributed by atoms with Crippen LogP contribution in [0.4, 0.5) is 5.82 Å². The van der Waals surface area contributed by atoms with E-state index in [9.17, 15) is 9.90 Å². The number of benzene rings is 3. The number of carboxylic acid groups (broad SMARTS) is 1. The molecular weight excluding hydrogens is 410 g/mol. The molecule has 4 rings (SSSR count). The van der Waals surface area contributed by atoms with Gasteiger partial charge in [0.1, 0.15) is 11.4 Å². The number of rotatable bonds is 8. The second-order valence-electron chi connectivity index (χ2n) is 7.87. The van der Waals surface area contributed by atoms with Crippen molar-refractivity contribution in [2.75, 3.05) is 5.32 Å². The van der Waals surface area contributed by atoms with Gasteiger partial charge in [-0.1, -0.05) is 97.9 Å². The molecule has 5 nitrogen and oxygen atoms in total. The maximum atomic E-state index is 11.7. The van der Waals surface area contributed by atoms with Gasteiger partial charge in [0.05, 0.1) is 6.20 Å². The molecule has 0 saturated carbocycles. The van der Waals surface area contributed by atoms with Gasteiger partial charge in [-0.2, -0.15) is 5.10 Å². The van der Waals surface area contributed by atoms with E-state index < -0.39 is 11.5 Å². The minimum atomic E-state index is -0.923. The van der Waals surface area contributed by atoms with E-state index in [4.69, 9.17) is 0 Å². The molecule has 4 aromatic rings. The quantitative estimate of drug-likeness (QED) is 0.274. The third kappa shape index (κ3) is 4.30. The molecule has 0 aliphatic heterocycles. The van der Waals surface area contributed by atoms with Crippen LogP contribution in [0.15, 0.2) is 103 Å². The second-order valence-corrected chi connectivity index (χ2v) is 7.87. The molecule has 3 aromatic carbocycles. The Bertz CT molecular complexity index is 1150. The van der Waals surface area contributed by atoms with E-state index in [1.165, 1.54) is 0 Å². The van der Waals surface area contributed by atoms with Gasteiger partial charge in [-0.05, 0) is 29.2 Å². The molecule has 0 unspecified atom stereocenters. The highest BCUT2D eigenvalue weighted by Crippen LogP contribution is 2.40. The molecule has 0 fully saturated rings. The van der Waals surface area contributed by atoms with Gasteiger partial charge in [-0.15, -0.1) is 0 Å². The molecule has 33 heavy (non-hydrogen) atoms. The summed E-state index contributed by atoms with van der Waals surface area (Å²) in [5.41, 5.74) is 3.52. The van der Waals surface area contributed by atoms with E-state index in [-0.39, 0.29) is 0 Å². The van der Waals surface area contributed by atoms with Crippen molar-refractivity contribution in [3.63, 3.8) is 0 Å². The number of hydrogen-bond donors (Lipinski definition) is 2. The molecule has 1 heterocycles. The van der Waals surface area contributed by atoms with Crippen molar-refractivity contribution in [1.29, 1.82) is 0 Å². The fourth-order valence-corrected chi connectivity index (χ4v) is 4.17. The van der Waals surface area contributed by atoms with Crippen LogP contribution in [-0.2, 0) is 17.4 Å². The Labute approximate surface area is 194 Å². The fraction of sp³-hybridized carbons (Fsp3) is 0.143. The van der Waals surface area contributed by atoms with E-state index in [2.05, 4.69) is 46.8 Å². The van der Waals surface area contributed by atoms with Gasteiger partial charge in [0, 0.05) is 18.2 Å². The first-order valence-electron chi connectivity index (χ1n) is 11.0. The zero-order valence-corrected chi connectivity index (χ0v) is 18.8. The minimum absolute atomic E-state index is 0.329. The van der Waals surface area contributed by atoms with Crippen molar-refractivity contribution >= 4 is 17.9 Å². The van der Waals surface area contributed by atoms with Crippen molar-refractivity contribution in [2.45, 2.75) is 18.9 Å². The monoisotopic (exact) mass is 437 g/mol. The Hall–Kier alpha value is -4.12. The van der Waals surface area contributed by atoms with Crippen LogP contribution in [0.5, 0.6) is 0 Å². The minimum Gasteiger partial charge on any atom is -0.478 e. The summed E-state index contributed by atoms with van der Waals surface area (Å²) in [6.45, 7) is 1.84. The lowest BCUT2D eigenvalue weighted by Crippen LogP contribution is -2.39. The van der Waals surface area contributed by atoms with Crippen LogP contribution in [0.3, 0.4) is 0 Å². The molecule has 0 saturated heterocycles. The molecule has 0 spiro atoms. The summed E-state index contributed by atoms with van der Waals surface area (Å²) in [6, 6.07) is 30.8. The summed E-state index contributed by atoms with van der Waals surface area (Å²) in [5, 5.41) is 17.8. The van der Waals surface area contributed by atoms with Gasteiger partial charge >= 0.3 is 5.97 Å². The zero-order chi connectivity index (χ0) is 23.3. The number of anilines is 1. The summed E-state index contributed by atoms with van der Waals surface area (Å²) < 4.78 is 1.75. The van der Waals surface area contributed by atoms with Crippen LogP contribution in [-0.4, -0.2) is 20.9 Å². The highest BCUT2D eigenvalue weighted by molar-refractivity contribution is 5.93. The summed E-state index contributed by atoms with van der Waals surface area (Å²) in [4.78, 5) is 11.7. The number of carboxylic acids is 1. The molecule has 5 heteroatoms. The number of aryl methyl sites for hydroxylation is 1. The summed E-state index contributed by atoms with van der Waals surface area (Å²) in [5.74, 6) is -0.188. The first kappa shape index (κ1) is 22.1. The van der Waals surface area contributed by atoms with E-state index in [1.54, 1.807) is 17.0 Å². The maximum Gasteiger partial charge on any atom is 0.331 e. The molecule has 0 radical (unpaired) electrons. The van der Waals surface area contributed by atoms with Crippen molar-refractivity contribution in [2.24, 2.45) is 7.05 Å². The number of nitrogens with one attached hydrogen (secondary N) is 1. The van der Waals surface area contributed by atoms with Crippen molar-refractivity contribution in [3.8, 4) is 0 Å². The van der Waals surface area contributed by atoms with Gasteiger partial charge in [0.15, 0.2) is 0 Å². The summed E-state index contributed by atoms with van der Waals surface area (Å²) in [6.07, 6.45) is 3.82. The normalized spacial score (nSPS) is 11.9. The Kier molecular flexibility index (Phi) is 6.41. The highest BCUT2D eigenvalue weighted by Gasteiger charge is 2.37. The van der Waals surface area contributed by atoms with E-state index in [0.717, 1.165) is 28.1 Å². The molecule has 2 N–H and O–H groups in total. The predicted molar refractivity (Wildman–Crippen MR) is 132 cm³/mol. The van der Waals surface area contributed by atoms with Crippen molar-refractivity contribution in [3.05, 3.63) is 125 Å². The average molecular weight is 438 g/mol. The molecular formula is C28H27N3O2. The molecule has 0 aliphatic rings. The topological polar surface area (TPSA) is 67.2 Å². The van der Waals surface area contributed by atoms with Crippen LogP contribution < -0.4 is 5.32 Å². The Morgan fingerprint density at radius 1 is 0.909 bits per heavy atom. The fourth-order valence-electron chi connectivity index (χ4n) is 4.17. The first-order chi connectivity index (χ1) is 16.1. The Morgan fingerprint density at radius 3 is 1.76 bits per heavy atom. The van der Waals surface area contributed by atoms with E-state index in [0.29, 0.717) is 12.0 Å². The average Bonchev–Trinajstić information content (AvgIpc) is 3.20. The van der Waals surface area contributed by atoms with Gasteiger partial charge in [0.2, 0.25) is 0 Å². The largest absolute Gasteiger partial charge is 0.478 e. The van der Waals surface area contributed by atoms with E-state index >= 15 is 0 Å². The zero-order valence-electron chi connectivity index (χ0n) is 18.8.